The Morgan fingerprint density at radius 3 is 2.71 bits per heavy atom. The van der Waals surface area contributed by atoms with E-state index in [-0.39, 0.29) is 0 Å². The summed E-state index contributed by atoms with van der Waals surface area (Å²) in [7, 11) is 0. The summed E-state index contributed by atoms with van der Waals surface area (Å²) >= 11 is 0. The molecule has 2 aliphatic rings. The highest BCUT2D eigenvalue weighted by atomic mass is 15.2. The summed E-state index contributed by atoms with van der Waals surface area (Å²) in [5.41, 5.74) is 2.79. The van der Waals surface area contributed by atoms with Crippen LogP contribution in [0.2, 0.25) is 0 Å². The normalized spacial score (nSPS) is 27.8. The van der Waals surface area contributed by atoms with Crippen molar-refractivity contribution in [3.8, 4) is 0 Å². The number of anilines is 1. The minimum Gasteiger partial charge on any atom is -0.366 e. The molecule has 21 heavy (non-hydrogen) atoms. The van der Waals surface area contributed by atoms with E-state index in [1.807, 2.05) is 0 Å². The van der Waals surface area contributed by atoms with Gasteiger partial charge in [0.15, 0.2) is 0 Å². The summed E-state index contributed by atoms with van der Waals surface area (Å²) in [5, 5.41) is 3.86. The first kappa shape index (κ1) is 14.9. The van der Waals surface area contributed by atoms with E-state index >= 15 is 0 Å². The molecule has 1 saturated heterocycles. The van der Waals surface area contributed by atoms with Gasteiger partial charge in [-0.2, -0.15) is 0 Å². The fourth-order valence-electron chi connectivity index (χ4n) is 4.16. The van der Waals surface area contributed by atoms with Crippen molar-refractivity contribution in [1.29, 1.82) is 0 Å². The minimum absolute atomic E-state index is 0.645. The van der Waals surface area contributed by atoms with Crippen molar-refractivity contribution in [1.82, 2.24) is 5.32 Å². The van der Waals surface area contributed by atoms with Gasteiger partial charge in [0.25, 0.3) is 0 Å². The molecular weight excluding hydrogens is 256 g/mol. The zero-order valence-electron chi connectivity index (χ0n) is 13.6. The highest BCUT2D eigenvalue weighted by molar-refractivity contribution is 5.50. The van der Waals surface area contributed by atoms with Crippen molar-refractivity contribution in [2.75, 3.05) is 18.0 Å². The van der Waals surface area contributed by atoms with Crippen LogP contribution in [-0.2, 0) is 0 Å². The lowest BCUT2D eigenvalue weighted by Crippen LogP contribution is -2.59. The molecule has 1 saturated carbocycles. The summed E-state index contributed by atoms with van der Waals surface area (Å²) < 4.78 is 0. The number of nitrogens with one attached hydrogen (secondary N) is 1. The summed E-state index contributed by atoms with van der Waals surface area (Å²) in [5.74, 6) is 0.892. The Morgan fingerprint density at radius 2 is 2.00 bits per heavy atom. The topological polar surface area (TPSA) is 15.3 Å². The van der Waals surface area contributed by atoms with Crippen LogP contribution in [0.15, 0.2) is 24.3 Å². The van der Waals surface area contributed by atoms with Gasteiger partial charge in [-0.15, -0.1) is 0 Å². The molecule has 2 heteroatoms. The average Bonchev–Trinajstić information content (AvgIpc) is 2.55. The van der Waals surface area contributed by atoms with Crippen LogP contribution >= 0.6 is 0 Å². The SMILES string of the molecule is CCC1CNC(C2CCCCC2)CN1c1cccc(C)c1. The molecule has 1 heterocycles. The number of piperazine rings is 1. The molecule has 1 aliphatic carbocycles. The van der Waals surface area contributed by atoms with Crippen LogP contribution in [0.4, 0.5) is 5.69 Å². The smallest absolute Gasteiger partial charge is 0.0412 e. The second-order valence-corrected chi connectivity index (χ2v) is 6.97. The van der Waals surface area contributed by atoms with Gasteiger partial charge in [0.2, 0.25) is 0 Å². The second kappa shape index (κ2) is 6.83. The fraction of sp³-hybridized carbons (Fsp3) is 0.684. The van der Waals surface area contributed by atoms with E-state index in [0.29, 0.717) is 12.1 Å². The predicted octanol–water partition coefficient (Wildman–Crippen LogP) is 4.13. The van der Waals surface area contributed by atoms with Crippen LogP contribution in [0.1, 0.15) is 51.0 Å². The van der Waals surface area contributed by atoms with Crippen molar-refractivity contribution in [2.24, 2.45) is 5.92 Å². The molecule has 116 valence electrons. The van der Waals surface area contributed by atoms with Gasteiger partial charge >= 0.3 is 0 Å². The molecule has 3 rings (SSSR count). The van der Waals surface area contributed by atoms with E-state index in [2.05, 4.69) is 48.3 Å². The lowest BCUT2D eigenvalue weighted by molar-refractivity contribution is 0.240. The first-order chi connectivity index (χ1) is 10.3. The second-order valence-electron chi connectivity index (χ2n) is 6.97. The molecule has 0 aromatic heterocycles. The maximum Gasteiger partial charge on any atom is 0.0412 e. The highest BCUT2D eigenvalue weighted by Gasteiger charge is 2.32. The number of hydrogen-bond acceptors (Lipinski definition) is 2. The zero-order valence-corrected chi connectivity index (χ0v) is 13.6. The quantitative estimate of drug-likeness (QED) is 0.898. The molecular formula is C19H30N2. The summed E-state index contributed by atoms with van der Waals surface area (Å²) in [6.45, 7) is 6.85. The van der Waals surface area contributed by atoms with Gasteiger partial charge in [0, 0.05) is 30.9 Å². The Morgan fingerprint density at radius 1 is 1.19 bits per heavy atom. The van der Waals surface area contributed by atoms with Crippen molar-refractivity contribution >= 4 is 5.69 Å². The van der Waals surface area contributed by atoms with Crippen LogP contribution < -0.4 is 10.2 Å². The standard InChI is InChI=1S/C19H30N2/c1-3-17-13-20-19(16-9-5-4-6-10-16)14-21(17)18-11-7-8-15(2)12-18/h7-8,11-12,16-17,19-20H,3-6,9-10,13-14H2,1-2H3. The average molecular weight is 286 g/mol. The van der Waals surface area contributed by atoms with E-state index in [1.54, 1.807) is 0 Å². The van der Waals surface area contributed by atoms with Gasteiger partial charge in [-0.05, 0) is 49.8 Å². The van der Waals surface area contributed by atoms with E-state index in [9.17, 15) is 0 Å². The third kappa shape index (κ3) is 3.42. The van der Waals surface area contributed by atoms with Crippen LogP contribution in [0.5, 0.6) is 0 Å². The molecule has 0 spiro atoms. The summed E-state index contributed by atoms with van der Waals surface area (Å²) in [4.78, 5) is 2.67. The largest absolute Gasteiger partial charge is 0.366 e. The molecule has 0 radical (unpaired) electrons. The Hall–Kier alpha value is -1.02. The van der Waals surface area contributed by atoms with Crippen LogP contribution in [0, 0.1) is 12.8 Å². The third-order valence-corrected chi connectivity index (χ3v) is 5.47. The molecule has 2 unspecified atom stereocenters. The van der Waals surface area contributed by atoms with E-state index in [0.717, 1.165) is 12.5 Å². The fourth-order valence-corrected chi connectivity index (χ4v) is 4.16. The Kier molecular flexibility index (Phi) is 4.84. The summed E-state index contributed by atoms with van der Waals surface area (Å²) in [6.07, 6.45) is 8.39. The number of benzene rings is 1. The molecule has 2 fully saturated rings. The van der Waals surface area contributed by atoms with Crippen molar-refractivity contribution in [2.45, 2.75) is 64.5 Å². The number of hydrogen-bond donors (Lipinski definition) is 1. The van der Waals surface area contributed by atoms with Crippen LogP contribution in [-0.4, -0.2) is 25.2 Å². The number of nitrogens with zero attached hydrogens (tertiary/aromatic N) is 1. The monoisotopic (exact) mass is 286 g/mol. The van der Waals surface area contributed by atoms with Crippen LogP contribution in [0.25, 0.3) is 0 Å². The maximum absolute atomic E-state index is 3.86. The molecule has 0 bridgehead atoms. The molecule has 2 nitrogen and oxygen atoms in total. The van der Waals surface area contributed by atoms with Gasteiger partial charge in [-0.25, -0.2) is 0 Å². The van der Waals surface area contributed by atoms with E-state index in [4.69, 9.17) is 0 Å². The van der Waals surface area contributed by atoms with E-state index < -0.39 is 0 Å². The summed E-state index contributed by atoms with van der Waals surface area (Å²) in [6, 6.07) is 10.4. The highest BCUT2D eigenvalue weighted by Crippen LogP contribution is 2.30. The predicted molar refractivity (Wildman–Crippen MR) is 91.0 cm³/mol. The van der Waals surface area contributed by atoms with Gasteiger partial charge in [0.1, 0.15) is 0 Å². The van der Waals surface area contributed by atoms with E-state index in [1.165, 1.54) is 56.3 Å². The molecule has 1 aliphatic heterocycles. The molecule has 1 aromatic rings. The Bertz CT molecular complexity index is 451. The zero-order chi connectivity index (χ0) is 14.7. The molecule has 1 aromatic carbocycles. The molecule has 1 N–H and O–H groups in total. The van der Waals surface area contributed by atoms with Gasteiger partial charge in [-0.1, -0.05) is 38.3 Å². The lowest BCUT2D eigenvalue weighted by Gasteiger charge is -2.45. The Labute approximate surface area is 129 Å². The van der Waals surface area contributed by atoms with Crippen molar-refractivity contribution in [3.05, 3.63) is 29.8 Å². The molecule has 0 amide bonds. The first-order valence-electron chi connectivity index (χ1n) is 8.84. The van der Waals surface area contributed by atoms with Gasteiger partial charge in [0.05, 0.1) is 0 Å². The van der Waals surface area contributed by atoms with Gasteiger partial charge < -0.3 is 10.2 Å². The van der Waals surface area contributed by atoms with Crippen molar-refractivity contribution < 1.29 is 0 Å². The number of rotatable bonds is 3. The maximum atomic E-state index is 3.86. The third-order valence-electron chi connectivity index (χ3n) is 5.47. The van der Waals surface area contributed by atoms with Gasteiger partial charge in [-0.3, -0.25) is 0 Å². The lowest BCUT2D eigenvalue weighted by atomic mass is 9.82. The molecule has 2 atom stereocenters. The minimum atomic E-state index is 0.645. The van der Waals surface area contributed by atoms with Crippen molar-refractivity contribution in [3.63, 3.8) is 0 Å². The number of aryl methyl sites for hydroxylation is 1. The Balaban J connectivity index is 1.75. The first-order valence-corrected chi connectivity index (χ1v) is 8.84. The van der Waals surface area contributed by atoms with Crippen LogP contribution in [0.3, 0.4) is 0 Å².